The molecule has 4 aromatic rings. The molecule has 1 aliphatic heterocycles. The minimum atomic E-state index is -2.05. The van der Waals surface area contributed by atoms with Gasteiger partial charge in [0.2, 0.25) is 17.2 Å². The molecular weight excluding hydrogens is 537 g/mol. The van der Waals surface area contributed by atoms with E-state index in [1.54, 1.807) is 37.7 Å². The van der Waals surface area contributed by atoms with Crippen LogP contribution in [0.3, 0.4) is 0 Å². The van der Waals surface area contributed by atoms with Crippen molar-refractivity contribution < 1.29 is 22.6 Å². The zero-order valence-corrected chi connectivity index (χ0v) is 22.8. The van der Waals surface area contributed by atoms with Gasteiger partial charge in [0, 0.05) is 43.0 Å². The Morgan fingerprint density at radius 2 is 1.93 bits per heavy atom. The fraction of sp³-hybridized carbons (Fsp3) is 0.333. The number of unbranched alkanes of at least 4 members (excludes halogenated alkanes) is 1. The number of ether oxygens (including phenoxy) is 2. The maximum Gasteiger partial charge on any atom is 0.231 e. The third-order valence-electron chi connectivity index (χ3n) is 6.69. The molecule has 0 spiro atoms. The zero-order chi connectivity index (χ0) is 28.1. The summed E-state index contributed by atoms with van der Waals surface area (Å²) < 4.78 is 49.2. The normalized spacial score (nSPS) is 14.4. The van der Waals surface area contributed by atoms with E-state index in [1.807, 2.05) is 12.1 Å². The molecule has 1 atom stereocenters. The SMILES string of the molecule is COc1cc(-c2cccc(CCCCNS(=O)O)c2F)cc2c(N3CCOCC3)nc(-c3cnc(N)nc3)nc12. The molecule has 11 nitrogen and oxygen atoms in total. The van der Waals surface area contributed by atoms with Crippen LogP contribution in [0.2, 0.25) is 0 Å². The van der Waals surface area contributed by atoms with Crippen molar-refractivity contribution in [3.05, 3.63) is 54.1 Å². The van der Waals surface area contributed by atoms with Gasteiger partial charge in [-0.25, -0.2) is 33.3 Å². The number of rotatable bonds is 10. The predicted molar refractivity (Wildman–Crippen MR) is 152 cm³/mol. The van der Waals surface area contributed by atoms with Gasteiger partial charge in [-0.3, -0.25) is 4.55 Å². The number of nitrogens with one attached hydrogen (secondary N) is 1. The first-order valence-electron chi connectivity index (χ1n) is 12.9. The molecule has 3 heterocycles. The molecule has 5 rings (SSSR count). The number of benzene rings is 2. The van der Waals surface area contributed by atoms with Gasteiger partial charge < -0.3 is 20.1 Å². The number of anilines is 2. The molecule has 0 bridgehead atoms. The molecular formula is C27H30FN7O4S. The molecule has 13 heteroatoms. The van der Waals surface area contributed by atoms with E-state index in [9.17, 15) is 4.21 Å². The number of fused-ring (bicyclic) bond motifs is 1. The van der Waals surface area contributed by atoms with Gasteiger partial charge >= 0.3 is 0 Å². The zero-order valence-electron chi connectivity index (χ0n) is 22.0. The standard InChI is InChI=1S/C27H30FN7O4S/c1-38-22-14-18(20-7-4-6-17(23(20)28)5-2-3-8-32-40(36)37)13-21-24(22)33-25(19-15-30-27(29)31-16-19)34-26(21)35-9-11-39-12-10-35/h4,6-7,13-16,32H,2-3,5,8-12H2,1H3,(H,36,37)(H2,29,30,31). The van der Waals surface area contributed by atoms with Crippen molar-refractivity contribution in [2.45, 2.75) is 19.3 Å². The third-order valence-corrected chi connectivity index (χ3v) is 7.15. The smallest absolute Gasteiger partial charge is 0.231 e. The molecule has 0 radical (unpaired) electrons. The van der Waals surface area contributed by atoms with Crippen molar-refractivity contribution in [2.24, 2.45) is 0 Å². The van der Waals surface area contributed by atoms with E-state index in [0.717, 1.165) is 5.39 Å². The molecule has 1 unspecified atom stereocenters. The van der Waals surface area contributed by atoms with Gasteiger partial charge in [-0.05, 0) is 42.5 Å². The van der Waals surface area contributed by atoms with Crippen LogP contribution in [0.5, 0.6) is 5.75 Å². The number of morpholine rings is 1. The first-order chi connectivity index (χ1) is 19.4. The first-order valence-corrected chi connectivity index (χ1v) is 14.0. The summed E-state index contributed by atoms with van der Waals surface area (Å²) in [5.74, 6) is 1.43. The molecule has 40 heavy (non-hydrogen) atoms. The van der Waals surface area contributed by atoms with Crippen LogP contribution >= 0.6 is 0 Å². The highest BCUT2D eigenvalue weighted by molar-refractivity contribution is 7.77. The number of aryl methyl sites for hydroxylation is 1. The summed E-state index contributed by atoms with van der Waals surface area (Å²) in [4.78, 5) is 20.0. The molecule has 2 aromatic carbocycles. The maximum absolute atomic E-state index is 15.8. The van der Waals surface area contributed by atoms with E-state index in [0.29, 0.717) is 97.3 Å². The Morgan fingerprint density at radius 1 is 1.15 bits per heavy atom. The Balaban J connectivity index is 1.57. The molecule has 1 aliphatic rings. The van der Waals surface area contributed by atoms with Gasteiger partial charge in [-0.15, -0.1) is 0 Å². The average Bonchev–Trinajstić information content (AvgIpc) is 2.97. The van der Waals surface area contributed by atoms with Gasteiger partial charge in [0.25, 0.3) is 0 Å². The number of nitrogens with zero attached hydrogens (tertiary/aromatic N) is 5. The van der Waals surface area contributed by atoms with Crippen LogP contribution in [0.1, 0.15) is 18.4 Å². The lowest BCUT2D eigenvalue weighted by molar-refractivity contribution is 0.122. The average molecular weight is 568 g/mol. The summed E-state index contributed by atoms with van der Waals surface area (Å²) in [6, 6.07) is 9.01. The third kappa shape index (κ3) is 6.17. The Labute approximate surface area is 233 Å². The lowest BCUT2D eigenvalue weighted by Crippen LogP contribution is -2.37. The first kappa shape index (κ1) is 27.8. The number of hydrogen-bond donors (Lipinski definition) is 3. The van der Waals surface area contributed by atoms with Gasteiger partial charge in [0.15, 0.2) is 5.82 Å². The van der Waals surface area contributed by atoms with Crippen molar-refractivity contribution in [1.29, 1.82) is 0 Å². The van der Waals surface area contributed by atoms with E-state index >= 15 is 4.39 Å². The van der Waals surface area contributed by atoms with Gasteiger partial charge in [0.05, 0.1) is 25.9 Å². The lowest BCUT2D eigenvalue weighted by atomic mass is 9.97. The molecule has 0 saturated carbocycles. The number of halogens is 1. The van der Waals surface area contributed by atoms with Crippen molar-refractivity contribution >= 4 is 33.9 Å². The van der Waals surface area contributed by atoms with Crippen molar-refractivity contribution in [2.75, 3.05) is 50.6 Å². The van der Waals surface area contributed by atoms with Crippen LogP contribution in [0.4, 0.5) is 16.2 Å². The van der Waals surface area contributed by atoms with E-state index in [-0.39, 0.29) is 11.8 Å². The minimum Gasteiger partial charge on any atom is -0.494 e. The highest BCUT2D eigenvalue weighted by atomic mass is 32.2. The minimum absolute atomic E-state index is 0.155. The summed E-state index contributed by atoms with van der Waals surface area (Å²) in [5, 5.41) is 0.726. The summed E-state index contributed by atoms with van der Waals surface area (Å²) in [6.07, 6.45) is 4.96. The summed E-state index contributed by atoms with van der Waals surface area (Å²) in [5.41, 5.74) is 8.52. The monoisotopic (exact) mass is 567 g/mol. The van der Waals surface area contributed by atoms with Gasteiger partial charge in [0.1, 0.15) is 22.9 Å². The summed E-state index contributed by atoms with van der Waals surface area (Å²) in [7, 11) is 1.56. The van der Waals surface area contributed by atoms with E-state index in [4.69, 9.17) is 29.7 Å². The fourth-order valence-corrected chi connectivity index (χ4v) is 5.01. The number of hydrogen-bond acceptors (Lipinski definition) is 9. The van der Waals surface area contributed by atoms with Crippen LogP contribution in [0.25, 0.3) is 33.4 Å². The summed E-state index contributed by atoms with van der Waals surface area (Å²) >= 11 is -2.05. The molecule has 210 valence electrons. The van der Waals surface area contributed by atoms with Crippen LogP contribution < -0.4 is 20.1 Å². The number of methoxy groups -OCH3 is 1. The number of nitrogens with two attached hydrogens (primary N) is 1. The largest absolute Gasteiger partial charge is 0.494 e. The Hall–Kier alpha value is -3.78. The second-order valence-electron chi connectivity index (χ2n) is 9.25. The Morgan fingerprint density at radius 3 is 2.65 bits per heavy atom. The Kier molecular flexibility index (Phi) is 8.75. The van der Waals surface area contributed by atoms with Crippen LogP contribution in [0, 0.1) is 5.82 Å². The highest BCUT2D eigenvalue weighted by Gasteiger charge is 2.22. The quantitative estimate of drug-likeness (QED) is 0.192. The van der Waals surface area contributed by atoms with Gasteiger partial charge in [-0.2, -0.15) is 0 Å². The fourth-order valence-electron chi connectivity index (χ4n) is 4.69. The lowest BCUT2D eigenvalue weighted by Gasteiger charge is -2.29. The maximum atomic E-state index is 15.8. The van der Waals surface area contributed by atoms with Crippen molar-refractivity contribution in [3.8, 4) is 28.3 Å². The van der Waals surface area contributed by atoms with E-state index in [2.05, 4.69) is 19.6 Å². The van der Waals surface area contributed by atoms with Crippen LogP contribution in [-0.2, 0) is 22.4 Å². The second-order valence-corrected chi connectivity index (χ2v) is 10.0. The highest BCUT2D eigenvalue weighted by Crippen LogP contribution is 2.38. The second kappa shape index (κ2) is 12.6. The van der Waals surface area contributed by atoms with E-state index < -0.39 is 11.3 Å². The molecule has 1 saturated heterocycles. The van der Waals surface area contributed by atoms with Crippen molar-refractivity contribution in [3.63, 3.8) is 0 Å². The summed E-state index contributed by atoms with van der Waals surface area (Å²) in [6.45, 7) is 2.77. The molecule has 0 aliphatic carbocycles. The topological polar surface area (TPSA) is 149 Å². The molecule has 2 aromatic heterocycles. The van der Waals surface area contributed by atoms with Crippen LogP contribution in [0.15, 0.2) is 42.7 Å². The molecule has 1 fully saturated rings. The number of aromatic nitrogens is 4. The van der Waals surface area contributed by atoms with E-state index in [1.165, 1.54) is 0 Å². The Bertz CT molecular complexity index is 1520. The van der Waals surface area contributed by atoms with Gasteiger partial charge in [-0.1, -0.05) is 18.2 Å². The molecule has 0 amide bonds. The predicted octanol–water partition coefficient (Wildman–Crippen LogP) is 3.37. The van der Waals surface area contributed by atoms with Crippen molar-refractivity contribution in [1.82, 2.24) is 24.7 Å². The van der Waals surface area contributed by atoms with Crippen LogP contribution in [-0.4, -0.2) is 68.7 Å². The molecule has 4 N–H and O–H groups in total. The number of nitrogen functional groups attached to an aromatic ring is 1.